The molecule has 152 valence electrons. The van der Waals surface area contributed by atoms with Gasteiger partial charge < -0.3 is 15.0 Å². The van der Waals surface area contributed by atoms with Gasteiger partial charge in [0.2, 0.25) is 0 Å². The van der Waals surface area contributed by atoms with E-state index in [-0.39, 0.29) is 35.5 Å². The second kappa shape index (κ2) is 8.12. The van der Waals surface area contributed by atoms with Crippen LogP contribution in [0.4, 0.5) is 20.2 Å². The molecule has 0 bridgehead atoms. The van der Waals surface area contributed by atoms with Crippen LogP contribution in [0.5, 0.6) is 5.75 Å². The van der Waals surface area contributed by atoms with E-state index in [0.29, 0.717) is 17.1 Å². The van der Waals surface area contributed by atoms with Crippen LogP contribution >= 0.6 is 11.6 Å². The third kappa shape index (κ3) is 3.97. The number of carbonyl (C=O) groups is 2. The van der Waals surface area contributed by atoms with E-state index in [1.165, 1.54) is 29.2 Å². The fourth-order valence-corrected chi connectivity index (χ4v) is 3.38. The molecule has 2 amide bonds. The summed E-state index contributed by atoms with van der Waals surface area (Å²) in [7, 11) is 0. The van der Waals surface area contributed by atoms with Crippen LogP contribution < -0.4 is 15.0 Å². The number of nitrogens with zero attached hydrogens (tertiary/aromatic N) is 1. The highest BCUT2D eigenvalue weighted by atomic mass is 35.5. The molecule has 8 heteroatoms. The van der Waals surface area contributed by atoms with Crippen LogP contribution in [-0.2, 0) is 11.3 Å². The van der Waals surface area contributed by atoms with Crippen molar-refractivity contribution in [1.82, 2.24) is 0 Å². The molecule has 0 unspecified atom stereocenters. The SMILES string of the molecule is O=C(Nc1ccc2c(c1)N(Cc1ccc(F)cc1)C(=O)CO2)c1c(F)cccc1Cl. The first-order valence-corrected chi connectivity index (χ1v) is 9.37. The first kappa shape index (κ1) is 19.8. The summed E-state index contributed by atoms with van der Waals surface area (Å²) in [6.07, 6.45) is 0. The lowest BCUT2D eigenvalue weighted by molar-refractivity contribution is -0.121. The molecule has 0 atom stereocenters. The molecule has 1 N–H and O–H groups in total. The number of anilines is 2. The Kier molecular flexibility index (Phi) is 5.37. The lowest BCUT2D eigenvalue weighted by Gasteiger charge is -2.30. The van der Waals surface area contributed by atoms with Gasteiger partial charge in [0.1, 0.15) is 17.4 Å². The van der Waals surface area contributed by atoms with Crippen molar-refractivity contribution in [2.24, 2.45) is 0 Å². The van der Waals surface area contributed by atoms with E-state index in [1.54, 1.807) is 30.3 Å². The summed E-state index contributed by atoms with van der Waals surface area (Å²) < 4.78 is 32.7. The molecule has 0 aromatic heterocycles. The summed E-state index contributed by atoms with van der Waals surface area (Å²) in [5.41, 5.74) is 1.23. The van der Waals surface area contributed by atoms with Crippen LogP contribution in [0.3, 0.4) is 0 Å². The standard InChI is InChI=1S/C22H15ClF2N2O3/c23-16-2-1-3-17(25)21(16)22(29)26-15-8-9-19-18(10-15)27(20(28)12-30-19)11-13-4-6-14(24)7-5-13/h1-10H,11-12H2,(H,26,29). The first-order chi connectivity index (χ1) is 14.4. The highest BCUT2D eigenvalue weighted by molar-refractivity contribution is 6.34. The van der Waals surface area contributed by atoms with E-state index in [4.69, 9.17) is 16.3 Å². The lowest BCUT2D eigenvalue weighted by Crippen LogP contribution is -2.38. The smallest absolute Gasteiger partial charge is 0.265 e. The summed E-state index contributed by atoms with van der Waals surface area (Å²) >= 11 is 5.95. The van der Waals surface area contributed by atoms with Gasteiger partial charge in [0.15, 0.2) is 6.61 Å². The van der Waals surface area contributed by atoms with Gasteiger partial charge in [0, 0.05) is 5.69 Å². The topological polar surface area (TPSA) is 58.6 Å². The number of nitrogens with one attached hydrogen (secondary N) is 1. The van der Waals surface area contributed by atoms with Crippen molar-refractivity contribution in [3.8, 4) is 5.75 Å². The zero-order valence-electron chi connectivity index (χ0n) is 15.5. The van der Waals surface area contributed by atoms with Crippen molar-refractivity contribution in [3.63, 3.8) is 0 Å². The second-order valence-corrected chi connectivity index (χ2v) is 7.04. The number of rotatable bonds is 4. The van der Waals surface area contributed by atoms with E-state index >= 15 is 0 Å². The zero-order valence-corrected chi connectivity index (χ0v) is 16.2. The Morgan fingerprint density at radius 1 is 1.10 bits per heavy atom. The Labute approximate surface area is 175 Å². The molecule has 30 heavy (non-hydrogen) atoms. The fourth-order valence-electron chi connectivity index (χ4n) is 3.13. The first-order valence-electron chi connectivity index (χ1n) is 8.99. The van der Waals surface area contributed by atoms with Crippen molar-refractivity contribution in [2.45, 2.75) is 6.54 Å². The van der Waals surface area contributed by atoms with Gasteiger partial charge in [-0.05, 0) is 48.0 Å². The quantitative estimate of drug-likeness (QED) is 0.649. The van der Waals surface area contributed by atoms with Crippen LogP contribution in [-0.4, -0.2) is 18.4 Å². The minimum absolute atomic E-state index is 0.0121. The van der Waals surface area contributed by atoms with Gasteiger partial charge in [-0.2, -0.15) is 0 Å². The summed E-state index contributed by atoms with van der Waals surface area (Å²) in [5, 5.41) is 2.58. The number of amides is 2. The number of ether oxygens (including phenoxy) is 1. The van der Waals surface area contributed by atoms with Gasteiger partial charge in [-0.1, -0.05) is 29.8 Å². The highest BCUT2D eigenvalue weighted by Crippen LogP contribution is 2.36. The molecular formula is C22H15ClF2N2O3. The average molecular weight is 429 g/mol. The summed E-state index contributed by atoms with van der Waals surface area (Å²) in [6, 6.07) is 14.5. The number of fused-ring (bicyclic) bond motifs is 1. The summed E-state index contributed by atoms with van der Waals surface area (Å²) in [5.74, 6) is -1.66. The minimum atomic E-state index is -0.741. The number of carbonyl (C=O) groups excluding carboxylic acids is 2. The lowest BCUT2D eigenvalue weighted by atomic mass is 10.1. The van der Waals surface area contributed by atoms with Gasteiger partial charge in [-0.25, -0.2) is 8.78 Å². The largest absolute Gasteiger partial charge is 0.482 e. The maximum Gasteiger partial charge on any atom is 0.265 e. The predicted molar refractivity (Wildman–Crippen MR) is 109 cm³/mol. The van der Waals surface area contributed by atoms with Crippen LogP contribution in [0.25, 0.3) is 0 Å². The van der Waals surface area contributed by atoms with Crippen molar-refractivity contribution in [2.75, 3.05) is 16.8 Å². The molecular weight excluding hydrogens is 414 g/mol. The Hall–Kier alpha value is -3.45. The second-order valence-electron chi connectivity index (χ2n) is 6.63. The molecule has 1 aliphatic rings. The molecule has 0 aliphatic carbocycles. The van der Waals surface area contributed by atoms with Crippen molar-refractivity contribution in [1.29, 1.82) is 0 Å². The average Bonchev–Trinajstić information content (AvgIpc) is 2.71. The molecule has 3 aromatic rings. The third-order valence-electron chi connectivity index (χ3n) is 4.60. The monoisotopic (exact) mass is 428 g/mol. The summed E-state index contributed by atoms with van der Waals surface area (Å²) in [4.78, 5) is 26.4. The fraction of sp³-hybridized carbons (Fsp3) is 0.0909. The zero-order chi connectivity index (χ0) is 21.3. The van der Waals surface area contributed by atoms with Crippen LogP contribution in [0.15, 0.2) is 60.7 Å². The van der Waals surface area contributed by atoms with Gasteiger partial charge in [-0.15, -0.1) is 0 Å². The Morgan fingerprint density at radius 3 is 2.60 bits per heavy atom. The minimum Gasteiger partial charge on any atom is -0.482 e. The van der Waals surface area contributed by atoms with Gasteiger partial charge in [-0.3, -0.25) is 9.59 Å². The van der Waals surface area contributed by atoms with Gasteiger partial charge in [0.25, 0.3) is 11.8 Å². The molecule has 0 spiro atoms. The van der Waals surface area contributed by atoms with Gasteiger partial charge >= 0.3 is 0 Å². The van der Waals surface area contributed by atoms with Crippen LogP contribution in [0, 0.1) is 11.6 Å². The molecule has 1 heterocycles. The Balaban J connectivity index is 1.62. The van der Waals surface area contributed by atoms with E-state index in [2.05, 4.69) is 5.32 Å². The molecule has 0 saturated carbocycles. The maximum atomic E-state index is 14.0. The molecule has 4 rings (SSSR count). The van der Waals surface area contributed by atoms with E-state index in [9.17, 15) is 18.4 Å². The number of halogens is 3. The molecule has 0 radical (unpaired) electrons. The molecule has 1 aliphatic heterocycles. The molecule has 3 aromatic carbocycles. The van der Waals surface area contributed by atoms with E-state index in [0.717, 1.165) is 11.6 Å². The summed E-state index contributed by atoms with van der Waals surface area (Å²) in [6.45, 7) is 0.0662. The normalized spacial score (nSPS) is 12.9. The predicted octanol–water partition coefficient (Wildman–Crippen LogP) is 4.80. The van der Waals surface area contributed by atoms with Gasteiger partial charge in [0.05, 0.1) is 22.8 Å². The van der Waals surface area contributed by atoms with Crippen molar-refractivity contribution < 1.29 is 23.1 Å². The molecule has 0 saturated heterocycles. The van der Waals surface area contributed by atoms with E-state index in [1.807, 2.05) is 0 Å². The Morgan fingerprint density at radius 2 is 1.87 bits per heavy atom. The van der Waals surface area contributed by atoms with E-state index < -0.39 is 11.7 Å². The third-order valence-corrected chi connectivity index (χ3v) is 4.92. The molecule has 0 fully saturated rings. The number of hydrogen-bond donors (Lipinski definition) is 1. The maximum absolute atomic E-state index is 14.0. The van der Waals surface area contributed by atoms with Crippen LogP contribution in [0.2, 0.25) is 5.02 Å². The number of benzene rings is 3. The van der Waals surface area contributed by atoms with Crippen molar-refractivity contribution in [3.05, 3.63) is 88.4 Å². The van der Waals surface area contributed by atoms with Crippen LogP contribution in [0.1, 0.15) is 15.9 Å². The number of hydrogen-bond acceptors (Lipinski definition) is 3. The highest BCUT2D eigenvalue weighted by Gasteiger charge is 2.26. The molecule has 5 nitrogen and oxygen atoms in total. The van der Waals surface area contributed by atoms with Crippen molar-refractivity contribution >= 4 is 34.8 Å². The Bertz CT molecular complexity index is 1120.